The molecule has 3 nitrogen and oxygen atoms in total. The van der Waals surface area contributed by atoms with Gasteiger partial charge < -0.3 is 5.32 Å². The molecule has 0 amide bonds. The molecule has 16 heavy (non-hydrogen) atoms. The highest BCUT2D eigenvalue weighted by atomic mass is 32.2. The quantitative estimate of drug-likeness (QED) is 0.552. The molecule has 0 aliphatic carbocycles. The number of aromatic nitrogens is 2. The minimum Gasteiger partial charge on any atom is -0.310 e. The van der Waals surface area contributed by atoms with Crippen LogP contribution in [0.4, 0.5) is 0 Å². The molecule has 1 aromatic rings. The second-order valence-corrected chi connectivity index (χ2v) is 4.58. The summed E-state index contributed by atoms with van der Waals surface area (Å²) in [5, 5.41) is 7.67. The third-order valence-corrected chi connectivity index (χ3v) is 3.02. The summed E-state index contributed by atoms with van der Waals surface area (Å²) in [5.41, 5.74) is 1.25. The van der Waals surface area contributed by atoms with Crippen molar-refractivity contribution < 1.29 is 0 Å². The molecular weight excluding hydrogens is 218 g/mol. The minimum atomic E-state index is 0.801. The monoisotopic (exact) mass is 237 g/mol. The maximum absolute atomic E-state index is 5.17. The number of thioether (sulfide) groups is 1. The van der Waals surface area contributed by atoms with Crippen molar-refractivity contribution in [2.75, 3.05) is 18.1 Å². The van der Waals surface area contributed by atoms with E-state index in [-0.39, 0.29) is 0 Å². The summed E-state index contributed by atoms with van der Waals surface area (Å²) in [6, 6.07) is 2.07. The maximum Gasteiger partial charge on any atom is 0.0545 e. The van der Waals surface area contributed by atoms with E-state index in [4.69, 9.17) is 6.42 Å². The van der Waals surface area contributed by atoms with E-state index in [9.17, 15) is 0 Å². The van der Waals surface area contributed by atoms with Gasteiger partial charge in [-0.25, -0.2) is 0 Å². The van der Waals surface area contributed by atoms with E-state index in [1.165, 1.54) is 5.69 Å². The topological polar surface area (TPSA) is 29.9 Å². The van der Waals surface area contributed by atoms with Gasteiger partial charge in [-0.05, 0) is 12.5 Å². The van der Waals surface area contributed by atoms with E-state index in [0.717, 1.165) is 37.6 Å². The van der Waals surface area contributed by atoms with E-state index in [2.05, 4.69) is 34.0 Å². The Hall–Kier alpha value is -0.920. The fraction of sp³-hybridized carbons (Fsp3) is 0.583. The number of nitrogens with one attached hydrogen (secondary N) is 1. The number of rotatable bonds is 8. The zero-order chi connectivity index (χ0) is 11.6. The summed E-state index contributed by atoms with van der Waals surface area (Å²) in [5.74, 6) is 4.48. The Kier molecular flexibility index (Phi) is 6.78. The fourth-order valence-electron chi connectivity index (χ4n) is 1.42. The number of aryl methyl sites for hydroxylation is 1. The Morgan fingerprint density at radius 3 is 3.25 bits per heavy atom. The molecule has 0 aliphatic rings. The van der Waals surface area contributed by atoms with E-state index in [1.54, 1.807) is 11.8 Å². The van der Waals surface area contributed by atoms with Crippen LogP contribution in [0.1, 0.15) is 19.0 Å². The molecule has 0 fully saturated rings. The lowest BCUT2D eigenvalue weighted by atomic mass is 10.4. The first-order chi connectivity index (χ1) is 7.88. The molecular formula is C12H19N3S. The normalized spacial score (nSPS) is 10.2. The third kappa shape index (κ3) is 4.73. The van der Waals surface area contributed by atoms with Crippen LogP contribution in [0.5, 0.6) is 0 Å². The van der Waals surface area contributed by atoms with Crippen molar-refractivity contribution in [1.82, 2.24) is 15.1 Å². The van der Waals surface area contributed by atoms with E-state index < -0.39 is 0 Å². The van der Waals surface area contributed by atoms with Crippen LogP contribution in [-0.4, -0.2) is 27.8 Å². The molecule has 1 heterocycles. The molecule has 0 unspecified atom stereocenters. The average molecular weight is 237 g/mol. The standard InChI is InChI=1S/C12H19N3S/c1-3-8-15-12(5-6-14-15)11-13-7-10-16-9-4-2/h2,5-6,13H,3,7-11H2,1H3. The van der Waals surface area contributed by atoms with E-state index in [0.29, 0.717) is 0 Å². The molecule has 0 aromatic carbocycles. The van der Waals surface area contributed by atoms with Crippen molar-refractivity contribution in [3.63, 3.8) is 0 Å². The molecule has 1 rings (SSSR count). The van der Waals surface area contributed by atoms with Gasteiger partial charge in [0, 0.05) is 31.6 Å². The predicted octanol–water partition coefficient (Wildman–Crippen LogP) is 1.75. The van der Waals surface area contributed by atoms with Crippen LogP contribution in [0.15, 0.2) is 12.3 Å². The lowest BCUT2D eigenvalue weighted by molar-refractivity contribution is 0.555. The van der Waals surface area contributed by atoms with Gasteiger partial charge in [-0.1, -0.05) is 12.8 Å². The minimum absolute atomic E-state index is 0.801. The lowest BCUT2D eigenvalue weighted by Crippen LogP contribution is -2.19. The summed E-state index contributed by atoms with van der Waals surface area (Å²) in [6.07, 6.45) is 8.15. The Balaban J connectivity index is 2.16. The van der Waals surface area contributed by atoms with Crippen LogP contribution in [0, 0.1) is 12.3 Å². The summed E-state index contributed by atoms with van der Waals surface area (Å²) < 4.78 is 2.06. The molecule has 0 saturated carbocycles. The van der Waals surface area contributed by atoms with Gasteiger partial charge in [-0.2, -0.15) is 5.10 Å². The molecule has 0 bridgehead atoms. The largest absolute Gasteiger partial charge is 0.310 e. The number of hydrogen-bond donors (Lipinski definition) is 1. The maximum atomic E-state index is 5.17. The smallest absolute Gasteiger partial charge is 0.0545 e. The zero-order valence-corrected chi connectivity index (χ0v) is 10.6. The molecule has 0 spiro atoms. The summed E-state index contributed by atoms with van der Waals surface area (Å²) >= 11 is 1.78. The average Bonchev–Trinajstić information content (AvgIpc) is 2.72. The third-order valence-electron chi connectivity index (χ3n) is 2.15. The van der Waals surface area contributed by atoms with Gasteiger partial charge in [0.2, 0.25) is 0 Å². The van der Waals surface area contributed by atoms with Crippen LogP contribution in [0.2, 0.25) is 0 Å². The second kappa shape index (κ2) is 8.26. The molecule has 1 N–H and O–H groups in total. The van der Waals surface area contributed by atoms with Crippen LogP contribution in [-0.2, 0) is 13.1 Å². The van der Waals surface area contributed by atoms with Gasteiger partial charge in [-0.15, -0.1) is 18.2 Å². The highest BCUT2D eigenvalue weighted by Crippen LogP contribution is 2.00. The first-order valence-corrected chi connectivity index (χ1v) is 6.76. The lowest BCUT2D eigenvalue weighted by Gasteiger charge is -2.07. The van der Waals surface area contributed by atoms with Gasteiger partial charge in [0.05, 0.1) is 11.4 Å². The van der Waals surface area contributed by atoms with Gasteiger partial charge in [0.1, 0.15) is 0 Å². The molecule has 1 aromatic heterocycles. The van der Waals surface area contributed by atoms with Crippen LogP contribution in [0.25, 0.3) is 0 Å². The predicted molar refractivity (Wildman–Crippen MR) is 70.4 cm³/mol. The Morgan fingerprint density at radius 2 is 2.50 bits per heavy atom. The molecule has 4 heteroatoms. The molecule has 0 aliphatic heterocycles. The van der Waals surface area contributed by atoms with Crippen LogP contribution < -0.4 is 5.32 Å². The van der Waals surface area contributed by atoms with Crippen molar-refractivity contribution in [2.45, 2.75) is 26.4 Å². The van der Waals surface area contributed by atoms with Crippen molar-refractivity contribution in [3.8, 4) is 12.3 Å². The van der Waals surface area contributed by atoms with Crippen LogP contribution in [0.3, 0.4) is 0 Å². The Morgan fingerprint density at radius 1 is 1.62 bits per heavy atom. The molecule has 0 radical (unpaired) electrons. The highest BCUT2D eigenvalue weighted by molar-refractivity contribution is 7.99. The summed E-state index contributed by atoms with van der Waals surface area (Å²) in [4.78, 5) is 0. The Labute approximate surface area is 102 Å². The fourth-order valence-corrected chi connectivity index (χ4v) is 1.97. The van der Waals surface area contributed by atoms with Gasteiger partial charge in [-0.3, -0.25) is 4.68 Å². The number of terminal acetylenes is 1. The molecule has 0 atom stereocenters. The highest BCUT2D eigenvalue weighted by Gasteiger charge is 2.00. The zero-order valence-electron chi connectivity index (χ0n) is 9.78. The van der Waals surface area contributed by atoms with E-state index in [1.807, 2.05) is 6.20 Å². The van der Waals surface area contributed by atoms with E-state index >= 15 is 0 Å². The SMILES string of the molecule is C#CCSCCNCc1ccnn1CCC. The van der Waals surface area contributed by atoms with Crippen molar-refractivity contribution in [3.05, 3.63) is 18.0 Å². The van der Waals surface area contributed by atoms with Crippen molar-refractivity contribution in [2.24, 2.45) is 0 Å². The number of nitrogens with zero attached hydrogens (tertiary/aromatic N) is 2. The first kappa shape index (κ1) is 13.1. The summed E-state index contributed by atoms with van der Waals surface area (Å²) in [7, 11) is 0. The van der Waals surface area contributed by atoms with Crippen molar-refractivity contribution >= 4 is 11.8 Å². The second-order valence-electron chi connectivity index (χ2n) is 3.48. The first-order valence-electron chi connectivity index (χ1n) is 5.61. The van der Waals surface area contributed by atoms with Gasteiger partial charge >= 0.3 is 0 Å². The Bertz CT molecular complexity index is 327. The van der Waals surface area contributed by atoms with Crippen LogP contribution >= 0.6 is 11.8 Å². The molecule has 88 valence electrons. The number of hydrogen-bond acceptors (Lipinski definition) is 3. The van der Waals surface area contributed by atoms with Crippen molar-refractivity contribution in [1.29, 1.82) is 0 Å². The summed E-state index contributed by atoms with van der Waals surface area (Å²) in [6.45, 7) is 5.03. The van der Waals surface area contributed by atoms with Gasteiger partial charge in [0.25, 0.3) is 0 Å². The van der Waals surface area contributed by atoms with Gasteiger partial charge in [0.15, 0.2) is 0 Å². The molecule has 0 saturated heterocycles.